The number of benzene rings is 8. The Kier molecular flexibility index (Phi) is 61.2. The summed E-state index contributed by atoms with van der Waals surface area (Å²) in [4.78, 5) is 57.2. The summed E-state index contributed by atoms with van der Waals surface area (Å²) in [6, 6.07) is 55.0. The molecule has 0 spiro atoms. The van der Waals surface area contributed by atoms with Gasteiger partial charge in [0, 0.05) is 110 Å². The zero-order chi connectivity index (χ0) is 94.9. The van der Waals surface area contributed by atoms with E-state index in [-0.39, 0.29) is 169 Å². The molecule has 4 fully saturated rings. The number of nitrogen functional groups attached to an aromatic ring is 1. The van der Waals surface area contributed by atoms with Crippen molar-refractivity contribution < 1.29 is 134 Å². The van der Waals surface area contributed by atoms with E-state index in [1.165, 1.54) is 78.0 Å². The molecule has 5 heterocycles. The molecule has 5 aliphatic heterocycles. The van der Waals surface area contributed by atoms with Crippen molar-refractivity contribution in [3.05, 3.63) is 275 Å². The van der Waals surface area contributed by atoms with E-state index in [1.54, 1.807) is 30.3 Å². The fourth-order valence-corrected chi connectivity index (χ4v) is 18.6. The van der Waals surface area contributed by atoms with Crippen molar-refractivity contribution in [2.45, 2.75) is 189 Å². The van der Waals surface area contributed by atoms with Crippen molar-refractivity contribution in [2.75, 3.05) is 94.9 Å². The number of amides is 2. The summed E-state index contributed by atoms with van der Waals surface area (Å²) >= 11 is 61.4. The fourth-order valence-electron chi connectivity index (χ4n) is 16.8. The van der Waals surface area contributed by atoms with Gasteiger partial charge in [-0.3, -0.25) is 25.0 Å². The van der Waals surface area contributed by atoms with E-state index in [0.717, 1.165) is 152 Å². The van der Waals surface area contributed by atoms with Crippen LogP contribution in [0.5, 0.6) is 0 Å². The third-order valence-corrected chi connectivity index (χ3v) is 28.5. The van der Waals surface area contributed by atoms with Crippen LogP contribution in [0.25, 0.3) is 0 Å². The molecule has 7 N–H and O–H groups in total. The molecule has 0 aromatic heterocycles. The first-order chi connectivity index (χ1) is 62.2. The van der Waals surface area contributed by atoms with Crippen molar-refractivity contribution in [2.24, 2.45) is 53.1 Å². The minimum Gasteiger partial charge on any atom is -1.00 e. The molecule has 8 aromatic carbocycles. The molecule has 722 valence electrons. The summed E-state index contributed by atoms with van der Waals surface area (Å²) in [6.45, 7) is 32.6. The van der Waals surface area contributed by atoms with Gasteiger partial charge in [0.15, 0.2) is 0 Å². The predicted octanol–water partition coefficient (Wildman–Crippen LogP) is 19.3. The maximum atomic E-state index is 12.8. The Balaban J connectivity index is 0.000000431. The van der Waals surface area contributed by atoms with Crippen LogP contribution in [-0.2, 0) is 60.3 Å². The number of halogens is 11. The van der Waals surface area contributed by atoms with Crippen molar-refractivity contribution in [1.82, 2.24) is 35.1 Å². The minimum absolute atomic E-state index is 0. The van der Waals surface area contributed by atoms with E-state index in [1.807, 2.05) is 95.9 Å². The average molecular weight is 2150 g/mol. The summed E-state index contributed by atoms with van der Waals surface area (Å²) < 4.78 is 0. The third kappa shape index (κ3) is 44.1. The molecule has 0 radical (unpaired) electrons. The van der Waals surface area contributed by atoms with Crippen molar-refractivity contribution in [1.29, 1.82) is 0 Å². The Morgan fingerprint density at radius 3 is 1.11 bits per heavy atom. The number of nitrogens with zero attached hydrogens (tertiary/aromatic N) is 7. The number of carbonyl (C=O) groups excluding carboxylic acids is 2. The van der Waals surface area contributed by atoms with Gasteiger partial charge in [-0.05, 0) is 271 Å². The first-order valence-electron chi connectivity index (χ1n) is 44.9. The summed E-state index contributed by atoms with van der Waals surface area (Å²) in [5.41, 5.74) is 23.3. The van der Waals surface area contributed by atoms with E-state index in [2.05, 4.69) is 154 Å². The van der Waals surface area contributed by atoms with Gasteiger partial charge in [0.2, 0.25) is 0 Å². The SMILES string of the molecule is C.CC(C)C(CN1CCC(Cc2ccc(Cl)c(Cl)c2)CC1)N1Cc2ccccc2NC1=O.CC(C)C(CN1CCC(Cc2ccc(Cl)c(Cl)c2)CC1)NCc1ccccc1N.CC(C)C(CN1CCC(Cc2ccc(Cl)c(Cl)c2)CC1)NCc1ccccc1[N+](=O)[O-].CC(C)C(N)CN1CCC(Cc2ccc(Cl)c(Cl)c2)CC1.ClCCl.O=CO[O-].O=[N+]([O-])c1ccccc1CBr.[H-].[K+].[K+]. The number of urea groups is 1. The molecule has 4 saturated heterocycles. The molecule has 20 nitrogen and oxygen atoms in total. The number of nitrogens with two attached hydrogens (primary N) is 2. The Morgan fingerprint density at radius 2 is 0.789 bits per heavy atom. The number of rotatable bonds is 31. The molecule has 133 heavy (non-hydrogen) atoms. The van der Waals surface area contributed by atoms with Crippen LogP contribution in [0.3, 0.4) is 0 Å². The van der Waals surface area contributed by atoms with Crippen LogP contribution in [-0.4, -0.2) is 155 Å². The van der Waals surface area contributed by atoms with Crippen molar-refractivity contribution in [3.8, 4) is 0 Å². The standard InChI is InChI=1S/C25H31Cl2N3O.C24H31Cl2N3O2.C24H33Cl2N3.C17H26Cl2N2.C7H6BrNO2.CH2Cl2.CH2O3.CH4.2K.H/c1-17(2)24(30-15-20-5-3-4-6-23(20)28-25(30)31)16-29-11-9-18(10-12-29)13-19-7-8-21(26)22(27)14-19;1-17(2)23(27-15-20-5-3-4-6-24(20)29(30)31)16-28-11-9-18(10-12-28)13-19-7-8-21(25)22(26)14-19;1-17(2)24(28-15-20-5-3-4-6-23(20)27)16-29-11-9-18(10-12-29)13-19-7-8-21(25)22(26)14-19;1-12(2)17(20)11-21-7-5-13(6-8-21)9-14-3-4-15(18)16(19)10-14;8-5-6-3-1-2-4-7(6)9(10)11;2-1-3;2-1-4-3;;;;/h3-8,14,17-18,24H,9-13,15-16H2,1-2H3,(H,28,31);3-8,14,17-18,23,27H,9-13,15-16H2,1-2H3;3-8,14,17-18,24,28H,9-13,15-16,27H2,1-2H3;3-4,10,12-13,17H,5-9,11,20H2,1-2H3;1-4H,5H2;1H2;1,3H;1H4;;;/q;;;;;;;;2*+1;-1/p-1. The van der Waals surface area contributed by atoms with E-state index in [0.29, 0.717) is 106 Å². The number of nitro groups is 2. The molecule has 0 aliphatic carbocycles. The molecule has 13 rings (SSSR count). The second-order valence-electron chi connectivity index (χ2n) is 35.6. The van der Waals surface area contributed by atoms with Crippen molar-refractivity contribution >= 4 is 167 Å². The fraction of sp³-hybridized carbons (Fsp3) is 0.500. The zero-order valence-corrected chi connectivity index (χ0v) is 93.3. The molecular formula is C100H135BrCl10K2N12O8. The molecular weight excluding hydrogens is 2010 g/mol. The van der Waals surface area contributed by atoms with Crippen molar-refractivity contribution in [3.63, 3.8) is 0 Å². The molecule has 4 unspecified atom stereocenters. The first kappa shape index (κ1) is 123. The van der Waals surface area contributed by atoms with E-state index >= 15 is 0 Å². The number of nitro benzene ring substituents is 2. The Bertz CT molecular complexity index is 4750. The third-order valence-electron chi connectivity index (χ3n) is 24.9. The van der Waals surface area contributed by atoms with Crippen LogP contribution in [0.1, 0.15) is 160 Å². The topological polar surface area (TPSA) is 257 Å². The van der Waals surface area contributed by atoms with E-state index in [9.17, 15) is 25.0 Å². The minimum atomic E-state index is -0.378. The van der Waals surface area contributed by atoms with Gasteiger partial charge in [-0.15, -0.1) is 23.2 Å². The number of nitrogens with one attached hydrogen (secondary N) is 3. The van der Waals surface area contributed by atoms with Crippen LogP contribution in [0.15, 0.2) is 170 Å². The van der Waals surface area contributed by atoms with Gasteiger partial charge in [0.25, 0.3) is 17.8 Å². The number of likely N-dealkylation sites (tertiary alicyclic amines) is 4. The largest absolute Gasteiger partial charge is 1.00 e. The number of carbonyl (C=O) groups is 2. The maximum absolute atomic E-state index is 12.8. The molecule has 0 bridgehead atoms. The Labute approximate surface area is 936 Å². The number of alkyl halides is 3. The Morgan fingerprint density at radius 1 is 0.474 bits per heavy atom. The van der Waals surface area contributed by atoms with Gasteiger partial charge < -0.3 is 63.5 Å². The molecule has 33 heteroatoms. The van der Waals surface area contributed by atoms with Crippen LogP contribution >= 0.6 is 132 Å². The maximum Gasteiger partial charge on any atom is 1.00 e. The average Bonchev–Trinajstić information content (AvgIpc) is 0.796. The quantitative estimate of drug-likeness (QED) is 0.00515. The molecule has 2 amide bonds. The predicted molar refractivity (Wildman–Crippen MR) is 552 cm³/mol. The van der Waals surface area contributed by atoms with Crippen LogP contribution < -0.4 is 135 Å². The number of para-hydroxylation sites is 4. The van der Waals surface area contributed by atoms with Crippen LogP contribution in [0, 0.1) is 67.6 Å². The summed E-state index contributed by atoms with van der Waals surface area (Å²) in [5, 5.41) is 46.2. The van der Waals surface area contributed by atoms with E-state index < -0.39 is 0 Å². The van der Waals surface area contributed by atoms with Crippen LogP contribution in [0.4, 0.5) is 27.5 Å². The van der Waals surface area contributed by atoms with E-state index in [4.69, 9.17) is 138 Å². The summed E-state index contributed by atoms with van der Waals surface area (Å²) in [5.74, 6) is 4.75. The normalized spacial score (nSPS) is 16.0. The molecule has 5 aliphatic rings. The molecule has 0 saturated carbocycles. The smallest absolute Gasteiger partial charge is 1.00 e. The zero-order valence-electron chi connectivity index (χ0n) is 78.9. The van der Waals surface area contributed by atoms with Gasteiger partial charge in [-0.1, -0.05) is 269 Å². The number of piperidine rings is 4. The molecule has 8 aromatic rings. The van der Waals surface area contributed by atoms with Gasteiger partial charge in [-0.25, -0.2) is 4.79 Å². The van der Waals surface area contributed by atoms with Gasteiger partial charge in [0.05, 0.1) is 55.4 Å². The van der Waals surface area contributed by atoms with Crippen LogP contribution in [0.2, 0.25) is 40.2 Å². The molecule has 4 atom stereocenters. The summed E-state index contributed by atoms with van der Waals surface area (Å²) in [7, 11) is 0. The van der Waals surface area contributed by atoms with Gasteiger partial charge >= 0.3 is 109 Å². The number of hydrogen-bond acceptors (Lipinski definition) is 16. The Hall–Kier alpha value is -2.57. The second kappa shape index (κ2) is 66.3. The van der Waals surface area contributed by atoms with Gasteiger partial charge in [0.1, 0.15) is 0 Å². The van der Waals surface area contributed by atoms with Gasteiger partial charge in [-0.2, -0.15) is 0 Å². The second-order valence-corrected chi connectivity index (χ2v) is 40.2. The number of fused-ring (bicyclic) bond motifs is 1. The number of anilines is 2. The monoisotopic (exact) mass is 2140 g/mol. The summed E-state index contributed by atoms with van der Waals surface area (Å²) in [6.07, 6.45) is 13.9. The number of hydrogen-bond donors (Lipinski definition) is 5. The first-order valence-corrected chi connectivity index (χ1v) is 50.1.